The molecule has 0 saturated carbocycles. The molecule has 0 N–H and O–H groups in total. The number of halogens is 1. The number of nitrogens with zero attached hydrogens (tertiary/aromatic N) is 4. The molecule has 0 amide bonds. The zero-order chi connectivity index (χ0) is 18.8. The van der Waals surface area contributed by atoms with Crippen LogP contribution in [0.3, 0.4) is 0 Å². The van der Waals surface area contributed by atoms with E-state index in [1.165, 1.54) is 6.07 Å². The number of aryl methyl sites for hydroxylation is 1. The molecule has 7 heteroatoms. The van der Waals surface area contributed by atoms with E-state index in [1.807, 2.05) is 41.8 Å². The van der Waals surface area contributed by atoms with Crippen LogP contribution in [0.2, 0.25) is 0 Å². The Bertz CT molecular complexity index is 990. The van der Waals surface area contributed by atoms with Gasteiger partial charge >= 0.3 is 0 Å². The summed E-state index contributed by atoms with van der Waals surface area (Å²) in [4.78, 5) is 2.23. The Kier molecular flexibility index (Phi) is 5.15. The Labute approximate surface area is 162 Å². The molecule has 2 aromatic carbocycles. The van der Waals surface area contributed by atoms with Gasteiger partial charge in [0.25, 0.3) is 0 Å². The molecule has 0 spiro atoms. The predicted octanol–water partition coefficient (Wildman–Crippen LogP) is 3.81. The van der Waals surface area contributed by atoms with Crippen molar-refractivity contribution in [3.8, 4) is 17.1 Å². The van der Waals surface area contributed by atoms with Crippen molar-refractivity contribution in [3.63, 3.8) is 0 Å². The molecular formula is C20H21FN4OS. The van der Waals surface area contributed by atoms with Crippen molar-refractivity contribution in [2.24, 2.45) is 0 Å². The number of hydrogen-bond acceptors (Lipinski definition) is 4. The molecule has 27 heavy (non-hydrogen) atoms. The summed E-state index contributed by atoms with van der Waals surface area (Å²) < 4.78 is 24.1. The van der Waals surface area contributed by atoms with Crippen LogP contribution in [-0.4, -0.2) is 45.6 Å². The first-order valence-corrected chi connectivity index (χ1v) is 9.36. The minimum Gasteiger partial charge on any atom is -0.379 e. The lowest BCUT2D eigenvalue weighted by molar-refractivity contribution is 0.0210. The molecule has 3 aromatic rings. The van der Waals surface area contributed by atoms with E-state index in [0.717, 1.165) is 24.3 Å². The Morgan fingerprint density at radius 2 is 1.78 bits per heavy atom. The highest BCUT2D eigenvalue weighted by atomic mass is 32.1. The lowest BCUT2D eigenvalue weighted by atomic mass is 10.2. The topological polar surface area (TPSA) is 35.2 Å². The van der Waals surface area contributed by atoms with E-state index >= 15 is 0 Å². The molecule has 5 nitrogen and oxygen atoms in total. The van der Waals surface area contributed by atoms with Gasteiger partial charge in [0.2, 0.25) is 4.77 Å². The smallest absolute Gasteiger partial charge is 0.204 e. The molecule has 1 aliphatic rings. The van der Waals surface area contributed by atoms with Gasteiger partial charge in [0.05, 0.1) is 25.4 Å². The van der Waals surface area contributed by atoms with Crippen LogP contribution in [0.25, 0.3) is 17.1 Å². The average molecular weight is 384 g/mol. The van der Waals surface area contributed by atoms with Crippen LogP contribution in [0.4, 0.5) is 4.39 Å². The minimum atomic E-state index is -0.315. The summed E-state index contributed by atoms with van der Waals surface area (Å²) in [7, 11) is 0. The van der Waals surface area contributed by atoms with Gasteiger partial charge in [-0.15, -0.1) is 5.10 Å². The van der Waals surface area contributed by atoms with Gasteiger partial charge in [-0.05, 0) is 43.4 Å². The standard InChI is InChI=1S/C20H21FN4OS/c1-15-6-8-16(9-7-15)25-19(17-4-2-3-5-18(17)21)22-24(20(25)27)14-23-10-12-26-13-11-23/h2-9H,10-14H2,1H3. The van der Waals surface area contributed by atoms with Gasteiger partial charge in [0, 0.05) is 18.8 Å². The fraction of sp³-hybridized carbons (Fsp3) is 0.300. The maximum Gasteiger partial charge on any atom is 0.204 e. The first-order chi connectivity index (χ1) is 13.1. The third kappa shape index (κ3) is 3.71. The Hall–Kier alpha value is -2.35. The molecule has 0 radical (unpaired) electrons. The summed E-state index contributed by atoms with van der Waals surface area (Å²) in [5.74, 6) is 0.194. The van der Waals surface area contributed by atoms with E-state index in [-0.39, 0.29) is 5.82 Å². The van der Waals surface area contributed by atoms with E-state index in [9.17, 15) is 4.39 Å². The van der Waals surface area contributed by atoms with E-state index < -0.39 is 0 Å². The van der Waals surface area contributed by atoms with Crippen LogP contribution in [0, 0.1) is 17.5 Å². The van der Waals surface area contributed by atoms with Gasteiger partial charge in [-0.25, -0.2) is 9.07 Å². The van der Waals surface area contributed by atoms with Crippen molar-refractivity contribution < 1.29 is 9.13 Å². The summed E-state index contributed by atoms with van der Waals surface area (Å²) >= 11 is 5.72. The molecule has 0 atom stereocenters. The molecule has 1 saturated heterocycles. The number of ether oxygens (including phenoxy) is 1. The maximum atomic E-state index is 14.5. The number of hydrogen-bond donors (Lipinski definition) is 0. The predicted molar refractivity (Wildman–Crippen MR) is 105 cm³/mol. The minimum absolute atomic E-state index is 0.315. The molecule has 1 fully saturated rings. The third-order valence-electron chi connectivity index (χ3n) is 4.68. The average Bonchev–Trinajstić information content (AvgIpc) is 3.00. The fourth-order valence-corrected chi connectivity index (χ4v) is 3.47. The van der Waals surface area contributed by atoms with E-state index in [1.54, 1.807) is 16.8 Å². The lowest BCUT2D eigenvalue weighted by Crippen LogP contribution is -2.37. The monoisotopic (exact) mass is 384 g/mol. The normalized spacial score (nSPS) is 15.2. The van der Waals surface area contributed by atoms with Gasteiger partial charge in [-0.2, -0.15) is 0 Å². The quantitative estimate of drug-likeness (QED) is 0.641. The maximum absolute atomic E-state index is 14.5. The van der Waals surface area contributed by atoms with Crippen molar-refractivity contribution in [1.82, 2.24) is 19.2 Å². The molecule has 0 unspecified atom stereocenters. The molecule has 0 aliphatic carbocycles. The molecule has 0 bridgehead atoms. The van der Waals surface area contributed by atoms with Crippen LogP contribution in [0.1, 0.15) is 5.56 Å². The van der Waals surface area contributed by atoms with Gasteiger partial charge in [0.1, 0.15) is 5.82 Å². The van der Waals surface area contributed by atoms with E-state index in [0.29, 0.717) is 36.0 Å². The summed E-state index contributed by atoms with van der Waals surface area (Å²) in [5, 5.41) is 4.69. The summed E-state index contributed by atoms with van der Waals surface area (Å²) in [6.07, 6.45) is 0. The molecular weight excluding hydrogens is 363 g/mol. The van der Waals surface area contributed by atoms with Crippen LogP contribution >= 0.6 is 12.2 Å². The van der Waals surface area contributed by atoms with E-state index in [2.05, 4.69) is 10.00 Å². The number of benzene rings is 2. The molecule has 1 aliphatic heterocycles. The first kappa shape index (κ1) is 18.0. The van der Waals surface area contributed by atoms with Gasteiger partial charge in [0.15, 0.2) is 5.82 Å². The van der Waals surface area contributed by atoms with Crippen LogP contribution < -0.4 is 0 Å². The highest BCUT2D eigenvalue weighted by Gasteiger charge is 2.19. The highest BCUT2D eigenvalue weighted by Crippen LogP contribution is 2.25. The van der Waals surface area contributed by atoms with Crippen LogP contribution in [-0.2, 0) is 11.4 Å². The second-order valence-electron chi connectivity index (χ2n) is 6.63. The molecule has 4 rings (SSSR count). The second kappa shape index (κ2) is 7.72. The van der Waals surface area contributed by atoms with Crippen molar-refractivity contribution in [2.45, 2.75) is 13.6 Å². The van der Waals surface area contributed by atoms with Gasteiger partial charge < -0.3 is 4.74 Å². The molecule has 2 heterocycles. The zero-order valence-corrected chi connectivity index (χ0v) is 16.0. The summed E-state index contributed by atoms with van der Waals surface area (Å²) in [5.41, 5.74) is 2.46. The second-order valence-corrected chi connectivity index (χ2v) is 6.99. The Balaban J connectivity index is 1.83. The van der Waals surface area contributed by atoms with Crippen molar-refractivity contribution in [2.75, 3.05) is 26.3 Å². The molecule has 1 aromatic heterocycles. The van der Waals surface area contributed by atoms with Crippen LogP contribution in [0.15, 0.2) is 48.5 Å². The highest BCUT2D eigenvalue weighted by molar-refractivity contribution is 7.71. The van der Waals surface area contributed by atoms with Crippen molar-refractivity contribution >= 4 is 12.2 Å². The fourth-order valence-electron chi connectivity index (χ4n) is 3.18. The SMILES string of the molecule is Cc1ccc(-n2c(-c3ccccc3F)nn(CN3CCOCC3)c2=S)cc1. The van der Waals surface area contributed by atoms with Gasteiger partial charge in [-0.1, -0.05) is 29.8 Å². The Morgan fingerprint density at radius 1 is 1.07 bits per heavy atom. The lowest BCUT2D eigenvalue weighted by Gasteiger charge is -2.26. The zero-order valence-electron chi connectivity index (χ0n) is 15.1. The third-order valence-corrected chi connectivity index (χ3v) is 5.08. The first-order valence-electron chi connectivity index (χ1n) is 8.95. The summed E-state index contributed by atoms with van der Waals surface area (Å²) in [6, 6.07) is 14.7. The molecule has 140 valence electrons. The van der Waals surface area contributed by atoms with Crippen molar-refractivity contribution in [1.29, 1.82) is 0 Å². The number of rotatable bonds is 4. The van der Waals surface area contributed by atoms with Crippen molar-refractivity contribution in [3.05, 3.63) is 64.7 Å². The number of morpholine rings is 1. The van der Waals surface area contributed by atoms with E-state index in [4.69, 9.17) is 17.0 Å². The number of aromatic nitrogens is 3. The van der Waals surface area contributed by atoms with Crippen LogP contribution in [0.5, 0.6) is 0 Å². The van der Waals surface area contributed by atoms with Gasteiger partial charge in [-0.3, -0.25) is 9.47 Å². The Morgan fingerprint density at radius 3 is 2.48 bits per heavy atom. The summed E-state index contributed by atoms with van der Waals surface area (Å²) in [6.45, 7) is 5.64. The largest absolute Gasteiger partial charge is 0.379 e.